The molecule has 0 aromatic heterocycles. The first-order chi connectivity index (χ1) is 6.49. The SMILES string of the molecule is CCC(CC)(CO)CN(C)CC(C)O. The van der Waals surface area contributed by atoms with Gasteiger partial charge in [-0.25, -0.2) is 0 Å². The van der Waals surface area contributed by atoms with E-state index in [-0.39, 0.29) is 18.1 Å². The van der Waals surface area contributed by atoms with E-state index in [1.807, 2.05) is 7.05 Å². The third-order valence-electron chi connectivity index (χ3n) is 3.02. The molecule has 0 saturated carbocycles. The number of hydrogen-bond donors (Lipinski definition) is 2. The molecule has 3 heteroatoms. The molecule has 0 aliphatic rings. The van der Waals surface area contributed by atoms with Gasteiger partial charge in [0.1, 0.15) is 0 Å². The Hall–Kier alpha value is -0.120. The van der Waals surface area contributed by atoms with E-state index in [1.54, 1.807) is 6.92 Å². The van der Waals surface area contributed by atoms with Gasteiger partial charge in [0, 0.05) is 25.1 Å². The summed E-state index contributed by atoms with van der Waals surface area (Å²) in [6.07, 6.45) is 1.65. The van der Waals surface area contributed by atoms with E-state index in [0.29, 0.717) is 6.54 Å². The molecule has 0 amide bonds. The van der Waals surface area contributed by atoms with E-state index < -0.39 is 0 Å². The average Bonchev–Trinajstić information content (AvgIpc) is 2.13. The number of rotatable bonds is 7. The molecule has 0 aromatic carbocycles. The third-order valence-corrected chi connectivity index (χ3v) is 3.02. The van der Waals surface area contributed by atoms with E-state index in [9.17, 15) is 10.2 Å². The van der Waals surface area contributed by atoms with Gasteiger partial charge in [-0.2, -0.15) is 0 Å². The number of likely N-dealkylation sites (N-methyl/N-ethyl adjacent to an activating group) is 1. The van der Waals surface area contributed by atoms with Crippen LogP contribution in [0.2, 0.25) is 0 Å². The van der Waals surface area contributed by atoms with Crippen molar-refractivity contribution < 1.29 is 10.2 Å². The topological polar surface area (TPSA) is 43.7 Å². The highest BCUT2D eigenvalue weighted by Crippen LogP contribution is 2.26. The first-order valence-electron chi connectivity index (χ1n) is 5.47. The number of aliphatic hydroxyl groups excluding tert-OH is 2. The number of hydrogen-bond acceptors (Lipinski definition) is 3. The molecule has 0 rings (SSSR count). The van der Waals surface area contributed by atoms with Crippen molar-refractivity contribution in [2.75, 3.05) is 26.7 Å². The predicted octanol–water partition coefficient (Wildman–Crippen LogP) is 1.10. The molecule has 0 radical (unpaired) electrons. The van der Waals surface area contributed by atoms with Crippen LogP contribution in [-0.2, 0) is 0 Å². The van der Waals surface area contributed by atoms with Gasteiger partial charge < -0.3 is 15.1 Å². The summed E-state index contributed by atoms with van der Waals surface area (Å²) in [5.41, 5.74) is 0.00361. The molecular weight excluding hydrogens is 178 g/mol. The van der Waals surface area contributed by atoms with Crippen LogP contribution in [0, 0.1) is 5.41 Å². The lowest BCUT2D eigenvalue weighted by molar-refractivity contribution is 0.0560. The molecule has 0 spiro atoms. The van der Waals surface area contributed by atoms with Crippen molar-refractivity contribution >= 4 is 0 Å². The molecule has 3 nitrogen and oxygen atoms in total. The van der Waals surface area contributed by atoms with Crippen LogP contribution in [0.15, 0.2) is 0 Å². The summed E-state index contributed by atoms with van der Waals surface area (Å²) in [5, 5.41) is 18.6. The highest BCUT2D eigenvalue weighted by molar-refractivity contribution is 4.79. The lowest BCUT2D eigenvalue weighted by Gasteiger charge is -2.34. The van der Waals surface area contributed by atoms with Gasteiger partial charge in [0.15, 0.2) is 0 Å². The molecular formula is C11H25NO2. The maximum Gasteiger partial charge on any atom is 0.0638 e. The largest absolute Gasteiger partial charge is 0.396 e. The van der Waals surface area contributed by atoms with Crippen molar-refractivity contribution in [2.24, 2.45) is 5.41 Å². The van der Waals surface area contributed by atoms with Gasteiger partial charge in [-0.3, -0.25) is 0 Å². The van der Waals surface area contributed by atoms with Crippen molar-refractivity contribution in [3.05, 3.63) is 0 Å². The van der Waals surface area contributed by atoms with Gasteiger partial charge in [-0.15, -0.1) is 0 Å². The van der Waals surface area contributed by atoms with Crippen molar-refractivity contribution in [1.82, 2.24) is 4.90 Å². The molecule has 0 heterocycles. The minimum atomic E-state index is -0.301. The van der Waals surface area contributed by atoms with Crippen molar-refractivity contribution in [2.45, 2.75) is 39.7 Å². The lowest BCUT2D eigenvalue weighted by Crippen LogP contribution is -2.40. The summed E-state index contributed by atoms with van der Waals surface area (Å²) in [4.78, 5) is 2.09. The Bertz CT molecular complexity index is 136. The minimum absolute atomic E-state index is 0.00361. The quantitative estimate of drug-likeness (QED) is 0.651. The predicted molar refractivity (Wildman–Crippen MR) is 59.3 cm³/mol. The Labute approximate surface area is 87.7 Å². The fraction of sp³-hybridized carbons (Fsp3) is 1.00. The fourth-order valence-electron chi connectivity index (χ4n) is 1.84. The molecule has 0 aliphatic carbocycles. The first-order valence-corrected chi connectivity index (χ1v) is 5.47. The van der Waals surface area contributed by atoms with E-state index in [1.165, 1.54) is 0 Å². The highest BCUT2D eigenvalue weighted by Gasteiger charge is 2.26. The van der Waals surface area contributed by atoms with E-state index >= 15 is 0 Å². The number of aliphatic hydroxyl groups is 2. The lowest BCUT2D eigenvalue weighted by atomic mass is 9.83. The Kier molecular flexibility index (Phi) is 6.33. The molecule has 0 aliphatic heterocycles. The van der Waals surface area contributed by atoms with Gasteiger partial charge in [0.25, 0.3) is 0 Å². The summed E-state index contributed by atoms with van der Waals surface area (Å²) in [5.74, 6) is 0. The monoisotopic (exact) mass is 203 g/mol. The summed E-state index contributed by atoms with van der Waals surface area (Å²) < 4.78 is 0. The Morgan fingerprint density at radius 3 is 2.07 bits per heavy atom. The van der Waals surface area contributed by atoms with Crippen molar-refractivity contribution in [1.29, 1.82) is 0 Å². The zero-order chi connectivity index (χ0) is 11.2. The van der Waals surface area contributed by atoms with E-state index in [4.69, 9.17) is 0 Å². The summed E-state index contributed by atoms with van der Waals surface area (Å²) in [6.45, 7) is 7.74. The molecule has 14 heavy (non-hydrogen) atoms. The molecule has 0 saturated heterocycles. The van der Waals surface area contributed by atoms with Crippen LogP contribution in [0.1, 0.15) is 33.6 Å². The minimum Gasteiger partial charge on any atom is -0.396 e. The van der Waals surface area contributed by atoms with Gasteiger partial charge in [-0.05, 0) is 26.8 Å². The van der Waals surface area contributed by atoms with Crippen LogP contribution < -0.4 is 0 Å². The van der Waals surface area contributed by atoms with Crippen LogP contribution in [-0.4, -0.2) is 48.0 Å². The van der Waals surface area contributed by atoms with Gasteiger partial charge in [0.2, 0.25) is 0 Å². The molecule has 0 bridgehead atoms. The van der Waals surface area contributed by atoms with Gasteiger partial charge in [-0.1, -0.05) is 13.8 Å². The molecule has 0 fully saturated rings. The molecule has 1 unspecified atom stereocenters. The van der Waals surface area contributed by atoms with Gasteiger partial charge in [0.05, 0.1) is 6.10 Å². The average molecular weight is 203 g/mol. The zero-order valence-electron chi connectivity index (χ0n) is 9.95. The van der Waals surface area contributed by atoms with Crippen molar-refractivity contribution in [3.8, 4) is 0 Å². The second-order valence-corrected chi connectivity index (χ2v) is 4.41. The van der Waals surface area contributed by atoms with Crippen LogP contribution in [0.5, 0.6) is 0 Å². The third kappa shape index (κ3) is 4.40. The first kappa shape index (κ1) is 13.9. The maximum atomic E-state index is 9.37. The summed E-state index contributed by atoms with van der Waals surface area (Å²) >= 11 is 0. The standard InChI is InChI=1S/C11H25NO2/c1-5-11(6-2,9-13)8-12(4)7-10(3)14/h10,13-14H,5-9H2,1-4H3. The zero-order valence-corrected chi connectivity index (χ0v) is 9.95. The second kappa shape index (κ2) is 6.38. The van der Waals surface area contributed by atoms with Gasteiger partial charge >= 0.3 is 0 Å². The summed E-state index contributed by atoms with van der Waals surface area (Å²) in [6, 6.07) is 0. The number of nitrogens with zero attached hydrogens (tertiary/aromatic N) is 1. The normalized spacial score (nSPS) is 14.8. The molecule has 2 N–H and O–H groups in total. The van der Waals surface area contributed by atoms with E-state index in [2.05, 4.69) is 18.7 Å². The fourth-order valence-corrected chi connectivity index (χ4v) is 1.84. The Morgan fingerprint density at radius 1 is 1.29 bits per heavy atom. The molecule has 0 aromatic rings. The van der Waals surface area contributed by atoms with Crippen LogP contribution >= 0.6 is 0 Å². The summed E-state index contributed by atoms with van der Waals surface area (Å²) in [7, 11) is 1.99. The Balaban J connectivity index is 4.15. The highest BCUT2D eigenvalue weighted by atomic mass is 16.3. The van der Waals surface area contributed by atoms with Crippen molar-refractivity contribution in [3.63, 3.8) is 0 Å². The smallest absolute Gasteiger partial charge is 0.0638 e. The van der Waals surface area contributed by atoms with Crippen LogP contribution in [0.3, 0.4) is 0 Å². The Morgan fingerprint density at radius 2 is 1.79 bits per heavy atom. The second-order valence-electron chi connectivity index (χ2n) is 4.41. The van der Waals surface area contributed by atoms with Crippen LogP contribution in [0.4, 0.5) is 0 Å². The van der Waals surface area contributed by atoms with Crippen LogP contribution in [0.25, 0.3) is 0 Å². The van der Waals surface area contributed by atoms with E-state index in [0.717, 1.165) is 19.4 Å². The molecule has 1 atom stereocenters. The molecule has 86 valence electrons. The maximum absolute atomic E-state index is 9.37.